The fourth-order valence-corrected chi connectivity index (χ4v) is 2.88. The van der Waals surface area contributed by atoms with Crippen molar-refractivity contribution in [2.75, 3.05) is 13.2 Å². The van der Waals surface area contributed by atoms with E-state index in [1.807, 2.05) is 12.3 Å². The molecule has 1 aromatic rings. The minimum absolute atomic E-state index is 0.321. The Kier molecular flexibility index (Phi) is 2.89. The van der Waals surface area contributed by atoms with Crippen LogP contribution in [0.2, 0.25) is 0 Å². The van der Waals surface area contributed by atoms with E-state index in [1.165, 1.54) is 30.5 Å². The molecule has 3 rings (SSSR count). The number of pyridine rings is 1. The highest BCUT2D eigenvalue weighted by Crippen LogP contribution is 2.48. The van der Waals surface area contributed by atoms with Crippen molar-refractivity contribution in [1.29, 1.82) is 0 Å². The molecule has 0 amide bonds. The predicted octanol–water partition coefficient (Wildman–Crippen LogP) is 1.82. The Morgan fingerprint density at radius 3 is 3.12 bits per heavy atom. The molecule has 2 N–H and O–H groups in total. The van der Waals surface area contributed by atoms with Crippen molar-refractivity contribution < 1.29 is 5.11 Å². The molecule has 1 atom stereocenters. The van der Waals surface area contributed by atoms with Crippen LogP contribution in [0, 0.1) is 5.41 Å². The van der Waals surface area contributed by atoms with E-state index in [1.54, 1.807) is 0 Å². The zero-order chi connectivity index (χ0) is 11.7. The number of aliphatic hydroxyl groups is 1. The predicted molar refractivity (Wildman–Crippen MR) is 66.7 cm³/mol. The van der Waals surface area contributed by atoms with Gasteiger partial charge in [-0.15, -0.1) is 0 Å². The topological polar surface area (TPSA) is 45.1 Å². The highest BCUT2D eigenvalue weighted by Gasteiger charge is 2.42. The third-order valence-electron chi connectivity index (χ3n) is 4.28. The molecular weight excluding hydrogens is 212 g/mol. The molecule has 1 fully saturated rings. The molecule has 1 saturated carbocycles. The van der Waals surface area contributed by atoms with Gasteiger partial charge in [-0.1, -0.05) is 6.07 Å². The van der Waals surface area contributed by atoms with Gasteiger partial charge in [0.25, 0.3) is 0 Å². The molecule has 1 aromatic heterocycles. The Hall–Kier alpha value is -0.930. The van der Waals surface area contributed by atoms with Crippen LogP contribution in [0.5, 0.6) is 0 Å². The van der Waals surface area contributed by atoms with Gasteiger partial charge < -0.3 is 10.4 Å². The molecule has 0 aliphatic heterocycles. The van der Waals surface area contributed by atoms with Gasteiger partial charge in [-0.2, -0.15) is 0 Å². The first-order valence-electron chi connectivity index (χ1n) is 6.61. The van der Waals surface area contributed by atoms with Crippen LogP contribution in [0.25, 0.3) is 0 Å². The van der Waals surface area contributed by atoms with Gasteiger partial charge in [-0.25, -0.2) is 0 Å². The number of aryl methyl sites for hydroxylation is 1. The van der Waals surface area contributed by atoms with Gasteiger partial charge in [0.2, 0.25) is 0 Å². The Bertz CT molecular complexity index is 401. The van der Waals surface area contributed by atoms with Crippen molar-refractivity contribution >= 4 is 0 Å². The largest absolute Gasteiger partial charge is 0.396 e. The number of hydrogen-bond donors (Lipinski definition) is 2. The fraction of sp³-hybridized carbons (Fsp3) is 0.643. The SMILES string of the molecule is OCCC1(CNC2CCc3cccnc32)CC1. The lowest BCUT2D eigenvalue weighted by Gasteiger charge is -2.19. The number of rotatable bonds is 5. The Morgan fingerprint density at radius 1 is 1.47 bits per heavy atom. The molecule has 0 spiro atoms. The van der Waals surface area contributed by atoms with Crippen LogP contribution < -0.4 is 5.32 Å². The summed E-state index contributed by atoms with van der Waals surface area (Å²) < 4.78 is 0. The van der Waals surface area contributed by atoms with Crippen molar-refractivity contribution in [1.82, 2.24) is 10.3 Å². The Balaban J connectivity index is 1.61. The third kappa shape index (κ3) is 2.22. The normalized spacial score (nSPS) is 24.6. The lowest BCUT2D eigenvalue weighted by atomic mass is 10.0. The first-order chi connectivity index (χ1) is 8.33. The van der Waals surface area contributed by atoms with Gasteiger partial charge in [-0.05, 0) is 49.1 Å². The van der Waals surface area contributed by atoms with Gasteiger partial charge in [-0.3, -0.25) is 4.98 Å². The van der Waals surface area contributed by atoms with E-state index in [2.05, 4.69) is 16.4 Å². The molecule has 0 radical (unpaired) electrons. The van der Waals surface area contributed by atoms with Crippen molar-refractivity contribution in [3.8, 4) is 0 Å². The van der Waals surface area contributed by atoms with Gasteiger partial charge in [0, 0.05) is 19.3 Å². The molecule has 0 bridgehead atoms. The molecular formula is C14H20N2O. The summed E-state index contributed by atoms with van der Waals surface area (Å²) in [5.74, 6) is 0. The van der Waals surface area contributed by atoms with E-state index in [0.29, 0.717) is 18.1 Å². The number of fused-ring (bicyclic) bond motifs is 1. The second-order valence-corrected chi connectivity index (χ2v) is 5.49. The van der Waals surface area contributed by atoms with Crippen LogP contribution in [0.1, 0.15) is 43.0 Å². The van der Waals surface area contributed by atoms with Crippen molar-refractivity contribution in [3.63, 3.8) is 0 Å². The van der Waals surface area contributed by atoms with E-state index < -0.39 is 0 Å². The number of nitrogens with zero attached hydrogens (tertiary/aromatic N) is 1. The molecule has 3 heteroatoms. The molecule has 3 nitrogen and oxygen atoms in total. The minimum atomic E-state index is 0.321. The summed E-state index contributed by atoms with van der Waals surface area (Å²) in [4.78, 5) is 4.50. The van der Waals surface area contributed by atoms with Gasteiger partial charge in [0.1, 0.15) is 0 Å². The summed E-state index contributed by atoms with van der Waals surface area (Å²) in [6, 6.07) is 4.64. The maximum Gasteiger partial charge on any atom is 0.0605 e. The van der Waals surface area contributed by atoms with Crippen LogP contribution in [0.3, 0.4) is 0 Å². The maximum atomic E-state index is 9.05. The van der Waals surface area contributed by atoms with Crippen LogP contribution in [0.4, 0.5) is 0 Å². The highest BCUT2D eigenvalue weighted by molar-refractivity contribution is 5.27. The monoisotopic (exact) mass is 232 g/mol. The summed E-state index contributed by atoms with van der Waals surface area (Å²) in [6.07, 6.45) is 7.68. The number of nitrogens with one attached hydrogen (secondary N) is 1. The van der Waals surface area contributed by atoms with Crippen LogP contribution in [-0.4, -0.2) is 23.2 Å². The van der Waals surface area contributed by atoms with E-state index in [4.69, 9.17) is 5.11 Å². The minimum Gasteiger partial charge on any atom is -0.396 e. The molecule has 0 saturated heterocycles. The maximum absolute atomic E-state index is 9.05. The molecule has 1 heterocycles. The zero-order valence-corrected chi connectivity index (χ0v) is 10.2. The van der Waals surface area contributed by atoms with Crippen molar-refractivity contribution in [2.24, 2.45) is 5.41 Å². The zero-order valence-electron chi connectivity index (χ0n) is 10.2. The van der Waals surface area contributed by atoms with Gasteiger partial charge in [0.15, 0.2) is 0 Å². The number of aliphatic hydroxyl groups excluding tert-OH is 1. The average molecular weight is 232 g/mol. The quantitative estimate of drug-likeness (QED) is 0.814. The number of aromatic nitrogens is 1. The molecule has 17 heavy (non-hydrogen) atoms. The highest BCUT2D eigenvalue weighted by atomic mass is 16.3. The van der Waals surface area contributed by atoms with E-state index in [-0.39, 0.29) is 0 Å². The third-order valence-corrected chi connectivity index (χ3v) is 4.28. The lowest BCUT2D eigenvalue weighted by molar-refractivity contribution is 0.242. The standard InChI is InChI=1S/C14H20N2O/c17-9-7-14(5-6-14)10-16-12-4-3-11-2-1-8-15-13(11)12/h1-2,8,12,16-17H,3-7,9-10H2. The van der Waals surface area contributed by atoms with E-state index >= 15 is 0 Å². The summed E-state index contributed by atoms with van der Waals surface area (Å²) in [5.41, 5.74) is 3.04. The summed E-state index contributed by atoms with van der Waals surface area (Å²) in [6.45, 7) is 1.36. The second kappa shape index (κ2) is 4.39. The Morgan fingerprint density at radius 2 is 2.35 bits per heavy atom. The number of hydrogen-bond acceptors (Lipinski definition) is 3. The fourth-order valence-electron chi connectivity index (χ4n) is 2.88. The first kappa shape index (κ1) is 11.2. The average Bonchev–Trinajstić information content (AvgIpc) is 3.00. The van der Waals surface area contributed by atoms with Crippen molar-refractivity contribution in [2.45, 2.75) is 38.1 Å². The van der Waals surface area contributed by atoms with Crippen molar-refractivity contribution in [3.05, 3.63) is 29.6 Å². The van der Waals surface area contributed by atoms with E-state index in [0.717, 1.165) is 19.4 Å². The molecule has 2 aliphatic carbocycles. The molecule has 2 aliphatic rings. The van der Waals surface area contributed by atoms with Crippen LogP contribution >= 0.6 is 0 Å². The van der Waals surface area contributed by atoms with E-state index in [9.17, 15) is 0 Å². The summed E-state index contributed by atoms with van der Waals surface area (Å²) >= 11 is 0. The second-order valence-electron chi connectivity index (χ2n) is 5.49. The van der Waals surface area contributed by atoms with Gasteiger partial charge in [0.05, 0.1) is 11.7 Å². The Labute approximate surface area is 102 Å². The van der Waals surface area contributed by atoms with Gasteiger partial charge >= 0.3 is 0 Å². The molecule has 1 unspecified atom stereocenters. The smallest absolute Gasteiger partial charge is 0.0605 e. The summed E-state index contributed by atoms with van der Waals surface area (Å²) in [5, 5.41) is 12.7. The lowest BCUT2D eigenvalue weighted by Crippen LogP contribution is -2.28. The van der Waals surface area contributed by atoms with Crippen LogP contribution in [0.15, 0.2) is 18.3 Å². The summed E-state index contributed by atoms with van der Waals surface area (Å²) in [7, 11) is 0. The van der Waals surface area contributed by atoms with Crippen LogP contribution in [-0.2, 0) is 6.42 Å². The molecule has 92 valence electrons. The first-order valence-corrected chi connectivity index (χ1v) is 6.61. The molecule has 0 aromatic carbocycles.